The first-order valence-electron chi connectivity index (χ1n) is 4.67. The lowest BCUT2D eigenvalue weighted by Gasteiger charge is -2.00. The molecule has 82 valence electrons. The van der Waals surface area contributed by atoms with Gasteiger partial charge in [0.25, 0.3) is 0 Å². The van der Waals surface area contributed by atoms with Crippen molar-refractivity contribution in [2.24, 2.45) is 0 Å². The lowest BCUT2D eigenvalue weighted by Crippen LogP contribution is -1.98. The van der Waals surface area contributed by atoms with Crippen LogP contribution in [0.15, 0.2) is 40.6 Å². The molecule has 4 heteroatoms. The number of hydrogen-bond donors (Lipinski definition) is 1. The third kappa shape index (κ3) is 2.13. The van der Waals surface area contributed by atoms with Crippen molar-refractivity contribution in [2.75, 3.05) is 7.11 Å². The average molecular weight is 250 g/mol. The maximum absolute atomic E-state index is 11.3. The van der Waals surface area contributed by atoms with E-state index in [0.29, 0.717) is 5.56 Å². The van der Waals surface area contributed by atoms with Crippen LogP contribution in [-0.4, -0.2) is 13.1 Å². The minimum Gasteiger partial charge on any atom is -0.465 e. The van der Waals surface area contributed by atoms with Crippen molar-refractivity contribution in [1.82, 2.24) is 0 Å². The summed E-state index contributed by atoms with van der Waals surface area (Å²) in [5.41, 5.74) is 1.62. The summed E-state index contributed by atoms with van der Waals surface area (Å²) >= 11 is 5.89. The number of thiophene rings is 1. The fraction of sp³-hybridized carbons (Fsp3) is 0.0833. The van der Waals surface area contributed by atoms with Gasteiger partial charge in [-0.1, -0.05) is 18.2 Å². The molecule has 2 aromatic rings. The maximum atomic E-state index is 11.3. The molecule has 2 rings (SSSR count). The molecule has 0 bridgehead atoms. The summed E-state index contributed by atoms with van der Waals surface area (Å²) in [6, 6.07) is 9.62. The van der Waals surface area contributed by atoms with Gasteiger partial charge in [0, 0.05) is 20.7 Å². The summed E-state index contributed by atoms with van der Waals surface area (Å²) in [6.07, 6.45) is 0. The Morgan fingerprint density at radius 2 is 2.12 bits per heavy atom. The molecule has 1 aromatic heterocycles. The Hall–Kier alpha value is -1.26. The highest BCUT2D eigenvalue weighted by molar-refractivity contribution is 7.80. The molecule has 0 N–H and O–H groups in total. The highest BCUT2D eigenvalue weighted by Gasteiger charge is 2.10. The van der Waals surface area contributed by atoms with Crippen molar-refractivity contribution in [3.63, 3.8) is 0 Å². The highest BCUT2D eigenvalue weighted by atomic mass is 32.1. The van der Waals surface area contributed by atoms with E-state index in [9.17, 15) is 4.79 Å². The van der Waals surface area contributed by atoms with Crippen molar-refractivity contribution in [1.29, 1.82) is 0 Å². The van der Waals surface area contributed by atoms with Crippen LogP contribution in [0, 0.1) is 0 Å². The molecule has 0 aliphatic rings. The normalized spacial score (nSPS) is 10.1. The SMILES string of the molecule is COC(=O)c1csc(-c2ccccc2S)c1. The van der Waals surface area contributed by atoms with Crippen molar-refractivity contribution in [3.05, 3.63) is 41.3 Å². The number of ether oxygens (including phenoxy) is 1. The number of esters is 1. The summed E-state index contributed by atoms with van der Waals surface area (Å²) in [6.45, 7) is 0. The molecule has 0 atom stereocenters. The molecule has 0 saturated carbocycles. The molecule has 0 spiro atoms. The monoisotopic (exact) mass is 250 g/mol. The van der Waals surface area contributed by atoms with Crippen LogP contribution in [0.3, 0.4) is 0 Å². The number of hydrogen-bond acceptors (Lipinski definition) is 4. The number of carbonyl (C=O) groups is 1. The van der Waals surface area contributed by atoms with E-state index in [1.165, 1.54) is 18.4 Å². The van der Waals surface area contributed by atoms with Gasteiger partial charge >= 0.3 is 5.97 Å². The van der Waals surface area contributed by atoms with Crippen molar-refractivity contribution < 1.29 is 9.53 Å². The van der Waals surface area contributed by atoms with E-state index in [1.807, 2.05) is 30.3 Å². The topological polar surface area (TPSA) is 26.3 Å². The summed E-state index contributed by atoms with van der Waals surface area (Å²) in [7, 11) is 1.38. The molecule has 0 unspecified atom stereocenters. The number of rotatable bonds is 2. The zero-order chi connectivity index (χ0) is 11.5. The lowest BCUT2D eigenvalue weighted by atomic mass is 10.1. The van der Waals surface area contributed by atoms with Gasteiger partial charge < -0.3 is 4.74 Å². The van der Waals surface area contributed by atoms with Crippen LogP contribution in [0.5, 0.6) is 0 Å². The van der Waals surface area contributed by atoms with Gasteiger partial charge in [0.1, 0.15) is 0 Å². The summed E-state index contributed by atoms with van der Waals surface area (Å²) < 4.78 is 4.66. The molecule has 1 aromatic carbocycles. The molecular formula is C12H10O2S2. The Labute approximate surface area is 103 Å². The fourth-order valence-corrected chi connectivity index (χ4v) is 2.66. The van der Waals surface area contributed by atoms with E-state index >= 15 is 0 Å². The molecule has 0 aliphatic carbocycles. The van der Waals surface area contributed by atoms with Crippen LogP contribution in [0.4, 0.5) is 0 Å². The first kappa shape index (κ1) is 11.2. The molecule has 0 amide bonds. The van der Waals surface area contributed by atoms with Crippen LogP contribution in [-0.2, 0) is 4.74 Å². The molecule has 1 heterocycles. The average Bonchev–Trinajstić information content (AvgIpc) is 2.78. The summed E-state index contributed by atoms with van der Waals surface area (Å²) in [5, 5.41) is 1.79. The molecule has 16 heavy (non-hydrogen) atoms. The third-order valence-electron chi connectivity index (χ3n) is 2.19. The lowest BCUT2D eigenvalue weighted by molar-refractivity contribution is 0.0601. The smallest absolute Gasteiger partial charge is 0.338 e. The quantitative estimate of drug-likeness (QED) is 0.652. The van der Waals surface area contributed by atoms with Crippen molar-refractivity contribution in [3.8, 4) is 10.4 Å². The van der Waals surface area contributed by atoms with Gasteiger partial charge in [-0.3, -0.25) is 0 Å². The van der Waals surface area contributed by atoms with E-state index in [-0.39, 0.29) is 5.97 Å². The number of carbonyl (C=O) groups excluding carboxylic acids is 1. The first-order chi connectivity index (χ1) is 7.72. The highest BCUT2D eigenvalue weighted by Crippen LogP contribution is 2.31. The Morgan fingerprint density at radius 3 is 2.81 bits per heavy atom. The minimum atomic E-state index is -0.306. The van der Waals surface area contributed by atoms with Crippen LogP contribution < -0.4 is 0 Å². The maximum Gasteiger partial charge on any atom is 0.338 e. The van der Waals surface area contributed by atoms with E-state index in [0.717, 1.165) is 15.3 Å². The zero-order valence-electron chi connectivity index (χ0n) is 8.64. The molecule has 0 saturated heterocycles. The standard InChI is InChI=1S/C12H10O2S2/c1-14-12(13)8-6-11(16-7-8)9-4-2-3-5-10(9)15/h2-7,15H,1H3. The van der Waals surface area contributed by atoms with Crippen molar-refractivity contribution in [2.45, 2.75) is 4.90 Å². The molecule has 2 nitrogen and oxygen atoms in total. The summed E-state index contributed by atoms with van der Waals surface area (Å²) in [4.78, 5) is 13.2. The zero-order valence-corrected chi connectivity index (χ0v) is 10.3. The predicted octanol–water partition coefficient (Wildman–Crippen LogP) is 3.49. The second kappa shape index (κ2) is 4.72. The largest absolute Gasteiger partial charge is 0.465 e. The van der Waals surface area contributed by atoms with E-state index in [2.05, 4.69) is 17.4 Å². The first-order valence-corrected chi connectivity index (χ1v) is 6.00. The van der Waals surface area contributed by atoms with Gasteiger partial charge in [-0.05, 0) is 12.1 Å². The Balaban J connectivity index is 2.39. The molecule has 0 radical (unpaired) electrons. The molecular weight excluding hydrogens is 240 g/mol. The van der Waals surface area contributed by atoms with Gasteiger partial charge in [-0.2, -0.15) is 0 Å². The second-order valence-corrected chi connectivity index (χ2v) is 4.60. The number of methoxy groups -OCH3 is 1. The Bertz CT molecular complexity index is 517. The summed E-state index contributed by atoms with van der Waals surface area (Å²) in [5.74, 6) is -0.306. The van der Waals surface area contributed by atoms with Crippen LogP contribution in [0.2, 0.25) is 0 Å². The van der Waals surface area contributed by atoms with Gasteiger partial charge in [0.05, 0.1) is 12.7 Å². The third-order valence-corrected chi connectivity index (χ3v) is 3.54. The van der Waals surface area contributed by atoms with E-state index in [4.69, 9.17) is 0 Å². The van der Waals surface area contributed by atoms with Gasteiger partial charge in [0.15, 0.2) is 0 Å². The van der Waals surface area contributed by atoms with Crippen LogP contribution in [0.1, 0.15) is 10.4 Å². The van der Waals surface area contributed by atoms with Crippen LogP contribution in [0.25, 0.3) is 10.4 Å². The van der Waals surface area contributed by atoms with Gasteiger partial charge in [0.2, 0.25) is 0 Å². The second-order valence-electron chi connectivity index (χ2n) is 3.21. The minimum absolute atomic E-state index is 0.306. The van der Waals surface area contributed by atoms with Crippen molar-refractivity contribution >= 4 is 29.9 Å². The predicted molar refractivity (Wildman–Crippen MR) is 68.3 cm³/mol. The van der Waals surface area contributed by atoms with Gasteiger partial charge in [-0.25, -0.2) is 4.79 Å². The fourth-order valence-electron chi connectivity index (χ4n) is 1.38. The van der Waals surface area contributed by atoms with E-state index < -0.39 is 0 Å². The molecule has 0 fully saturated rings. The van der Waals surface area contributed by atoms with E-state index in [1.54, 1.807) is 5.38 Å². The molecule has 0 aliphatic heterocycles. The van der Waals surface area contributed by atoms with Crippen LogP contribution >= 0.6 is 24.0 Å². The Kier molecular flexibility index (Phi) is 3.31. The number of benzene rings is 1. The van der Waals surface area contributed by atoms with Gasteiger partial charge in [-0.15, -0.1) is 24.0 Å². The number of thiol groups is 1. The Morgan fingerprint density at radius 1 is 1.38 bits per heavy atom.